The molecule has 0 saturated carbocycles. The van der Waals surface area contributed by atoms with Crippen molar-refractivity contribution in [2.45, 2.75) is 25.7 Å². The van der Waals surface area contributed by atoms with Gasteiger partial charge < -0.3 is 9.47 Å². The molecule has 2 aliphatic heterocycles. The number of carbonyl (C=O) groups excluding carboxylic acids is 1. The predicted molar refractivity (Wildman–Crippen MR) is 51.8 cm³/mol. The van der Waals surface area contributed by atoms with Crippen molar-refractivity contribution in [2.75, 3.05) is 19.8 Å². The number of hydrogen-bond acceptors (Lipinski definition) is 3. The molecule has 0 aromatic heterocycles. The van der Waals surface area contributed by atoms with E-state index in [1.807, 2.05) is 6.08 Å². The number of ether oxygens (including phenoxy) is 2. The summed E-state index contributed by atoms with van der Waals surface area (Å²) in [6.45, 7) is 2.23. The first-order valence-electron chi connectivity index (χ1n) is 5.30. The third kappa shape index (κ3) is 2.35. The van der Waals surface area contributed by atoms with Crippen molar-refractivity contribution >= 4 is 5.78 Å². The molecule has 0 aromatic rings. The summed E-state index contributed by atoms with van der Waals surface area (Å²) in [5.41, 5.74) is 0. The predicted octanol–water partition coefficient (Wildman–Crippen LogP) is 1.68. The van der Waals surface area contributed by atoms with Crippen molar-refractivity contribution in [1.82, 2.24) is 0 Å². The van der Waals surface area contributed by atoms with E-state index in [4.69, 9.17) is 9.47 Å². The molecule has 2 aliphatic rings. The zero-order valence-electron chi connectivity index (χ0n) is 8.33. The van der Waals surface area contributed by atoms with E-state index < -0.39 is 0 Å². The highest BCUT2D eigenvalue weighted by atomic mass is 16.5. The number of Topliss-reactive ketones (excluding diaryl/α,β-unsaturated/α-hetero) is 1. The molecule has 0 N–H and O–H groups in total. The summed E-state index contributed by atoms with van der Waals surface area (Å²) in [4.78, 5) is 11.7. The first-order valence-corrected chi connectivity index (χ1v) is 5.30. The van der Waals surface area contributed by atoms with Gasteiger partial charge in [-0.3, -0.25) is 4.79 Å². The minimum Gasteiger partial charge on any atom is -0.490 e. The van der Waals surface area contributed by atoms with Crippen LogP contribution in [0.1, 0.15) is 25.7 Å². The van der Waals surface area contributed by atoms with Crippen LogP contribution in [0.4, 0.5) is 0 Å². The van der Waals surface area contributed by atoms with E-state index in [0.29, 0.717) is 24.7 Å². The van der Waals surface area contributed by atoms with Gasteiger partial charge in [0, 0.05) is 19.6 Å². The maximum Gasteiger partial charge on any atom is 0.197 e. The van der Waals surface area contributed by atoms with Gasteiger partial charge in [-0.15, -0.1) is 0 Å². The summed E-state index contributed by atoms with van der Waals surface area (Å²) in [6, 6.07) is 0. The van der Waals surface area contributed by atoms with Gasteiger partial charge in [0.05, 0.1) is 6.61 Å². The molecule has 0 aliphatic carbocycles. The monoisotopic (exact) mass is 196 g/mol. The van der Waals surface area contributed by atoms with Crippen LogP contribution in [0, 0.1) is 5.92 Å². The molecule has 1 atom stereocenters. The molecule has 14 heavy (non-hydrogen) atoms. The fourth-order valence-electron chi connectivity index (χ4n) is 1.86. The van der Waals surface area contributed by atoms with E-state index in [9.17, 15) is 4.79 Å². The Balaban J connectivity index is 1.84. The Morgan fingerprint density at radius 2 is 2.43 bits per heavy atom. The molecule has 3 heteroatoms. The van der Waals surface area contributed by atoms with Crippen LogP contribution >= 0.6 is 0 Å². The number of hydrogen-bond donors (Lipinski definition) is 0. The van der Waals surface area contributed by atoms with Crippen molar-refractivity contribution in [3.63, 3.8) is 0 Å². The molecular weight excluding hydrogens is 180 g/mol. The fraction of sp³-hybridized carbons (Fsp3) is 0.727. The van der Waals surface area contributed by atoms with Crippen LogP contribution in [0.5, 0.6) is 0 Å². The number of allylic oxidation sites excluding steroid dienone is 2. The summed E-state index contributed by atoms with van der Waals surface area (Å²) in [5.74, 6) is 1.15. The minimum absolute atomic E-state index is 0.153. The lowest BCUT2D eigenvalue weighted by molar-refractivity contribution is -0.120. The Labute approximate surface area is 84.1 Å². The van der Waals surface area contributed by atoms with E-state index >= 15 is 0 Å². The topological polar surface area (TPSA) is 35.5 Å². The van der Waals surface area contributed by atoms with Crippen molar-refractivity contribution in [3.05, 3.63) is 11.8 Å². The van der Waals surface area contributed by atoms with E-state index in [0.717, 1.165) is 32.5 Å². The van der Waals surface area contributed by atoms with Crippen LogP contribution in [-0.2, 0) is 14.3 Å². The largest absolute Gasteiger partial charge is 0.490 e. The van der Waals surface area contributed by atoms with E-state index in [1.165, 1.54) is 0 Å². The summed E-state index contributed by atoms with van der Waals surface area (Å²) >= 11 is 0. The van der Waals surface area contributed by atoms with Crippen LogP contribution < -0.4 is 0 Å². The van der Waals surface area contributed by atoms with Gasteiger partial charge >= 0.3 is 0 Å². The zero-order valence-corrected chi connectivity index (χ0v) is 8.33. The summed E-state index contributed by atoms with van der Waals surface area (Å²) in [5, 5.41) is 0. The lowest BCUT2D eigenvalue weighted by Gasteiger charge is -2.14. The zero-order chi connectivity index (χ0) is 9.80. The third-order valence-electron chi connectivity index (χ3n) is 2.71. The van der Waals surface area contributed by atoms with E-state index in [-0.39, 0.29) is 5.78 Å². The first-order chi connectivity index (χ1) is 6.86. The van der Waals surface area contributed by atoms with Gasteiger partial charge in [-0.1, -0.05) is 0 Å². The standard InChI is InChI=1S/C11H16O3/c12-10(7-9-4-6-13-8-9)11-3-1-2-5-14-11/h3,9H,1-2,4-8H2. The highest BCUT2D eigenvalue weighted by Crippen LogP contribution is 2.20. The van der Waals surface area contributed by atoms with Gasteiger partial charge in [0.1, 0.15) is 0 Å². The van der Waals surface area contributed by atoms with Crippen molar-refractivity contribution < 1.29 is 14.3 Å². The fourth-order valence-corrected chi connectivity index (χ4v) is 1.86. The molecule has 2 rings (SSSR count). The van der Waals surface area contributed by atoms with E-state index in [2.05, 4.69) is 0 Å². The molecule has 0 amide bonds. The molecule has 0 spiro atoms. The lowest BCUT2D eigenvalue weighted by Crippen LogP contribution is -2.15. The average molecular weight is 196 g/mol. The van der Waals surface area contributed by atoms with Crippen molar-refractivity contribution in [3.8, 4) is 0 Å². The Bertz CT molecular complexity index is 239. The van der Waals surface area contributed by atoms with Crippen LogP contribution in [0.2, 0.25) is 0 Å². The highest BCUT2D eigenvalue weighted by Gasteiger charge is 2.22. The van der Waals surface area contributed by atoms with Gasteiger partial charge in [0.15, 0.2) is 11.5 Å². The van der Waals surface area contributed by atoms with Gasteiger partial charge in [0.25, 0.3) is 0 Å². The van der Waals surface area contributed by atoms with Crippen LogP contribution in [0.25, 0.3) is 0 Å². The lowest BCUT2D eigenvalue weighted by atomic mass is 10.0. The van der Waals surface area contributed by atoms with Crippen molar-refractivity contribution in [1.29, 1.82) is 0 Å². The number of ketones is 1. The van der Waals surface area contributed by atoms with Gasteiger partial charge in [0.2, 0.25) is 0 Å². The molecule has 3 nitrogen and oxygen atoms in total. The second-order valence-corrected chi connectivity index (χ2v) is 3.92. The second kappa shape index (κ2) is 4.60. The Morgan fingerprint density at radius 1 is 1.50 bits per heavy atom. The van der Waals surface area contributed by atoms with Crippen LogP contribution in [0.3, 0.4) is 0 Å². The smallest absolute Gasteiger partial charge is 0.197 e. The maximum absolute atomic E-state index is 11.7. The summed E-state index contributed by atoms with van der Waals surface area (Å²) < 4.78 is 10.6. The minimum atomic E-state index is 0.153. The molecule has 2 heterocycles. The molecule has 1 fully saturated rings. The molecule has 78 valence electrons. The molecule has 0 aromatic carbocycles. The SMILES string of the molecule is O=C(CC1CCOC1)C1=CCCCO1. The Kier molecular flexibility index (Phi) is 3.19. The Morgan fingerprint density at radius 3 is 3.07 bits per heavy atom. The molecule has 0 bridgehead atoms. The molecule has 1 saturated heterocycles. The van der Waals surface area contributed by atoms with Gasteiger partial charge in [-0.2, -0.15) is 0 Å². The van der Waals surface area contributed by atoms with Crippen LogP contribution in [-0.4, -0.2) is 25.6 Å². The van der Waals surface area contributed by atoms with Gasteiger partial charge in [-0.25, -0.2) is 0 Å². The third-order valence-corrected chi connectivity index (χ3v) is 2.71. The van der Waals surface area contributed by atoms with Crippen molar-refractivity contribution in [2.24, 2.45) is 5.92 Å². The normalized spacial score (nSPS) is 26.9. The first kappa shape index (κ1) is 9.71. The molecule has 1 unspecified atom stereocenters. The molecular formula is C11H16O3. The quantitative estimate of drug-likeness (QED) is 0.689. The van der Waals surface area contributed by atoms with Gasteiger partial charge in [-0.05, 0) is 31.3 Å². The maximum atomic E-state index is 11.7. The second-order valence-electron chi connectivity index (χ2n) is 3.92. The summed E-state index contributed by atoms with van der Waals surface area (Å²) in [6.07, 6.45) is 5.53. The Hall–Kier alpha value is -0.830. The van der Waals surface area contributed by atoms with E-state index in [1.54, 1.807) is 0 Å². The highest BCUT2D eigenvalue weighted by molar-refractivity contribution is 5.93. The average Bonchev–Trinajstić information content (AvgIpc) is 2.72. The number of rotatable bonds is 3. The molecule has 0 radical (unpaired) electrons. The summed E-state index contributed by atoms with van der Waals surface area (Å²) in [7, 11) is 0. The van der Waals surface area contributed by atoms with Crippen LogP contribution in [0.15, 0.2) is 11.8 Å². The number of carbonyl (C=O) groups is 1.